The molecule has 2 heterocycles. The van der Waals surface area contributed by atoms with E-state index in [0.29, 0.717) is 42.3 Å². The largest absolute Gasteiger partial charge is 0.493 e. The lowest BCUT2D eigenvalue weighted by atomic mass is 10.1. The van der Waals surface area contributed by atoms with Crippen LogP contribution in [0.15, 0.2) is 83.5 Å². The fourth-order valence-electron chi connectivity index (χ4n) is 5.32. The predicted octanol–water partition coefficient (Wildman–Crippen LogP) is 5.55. The van der Waals surface area contributed by atoms with Crippen molar-refractivity contribution in [1.82, 2.24) is 5.32 Å². The smallest absolute Gasteiger partial charge is 0.291 e. The van der Waals surface area contributed by atoms with Gasteiger partial charge in [-0.2, -0.15) is 0 Å². The zero-order valence-corrected chi connectivity index (χ0v) is 24.9. The van der Waals surface area contributed by atoms with Gasteiger partial charge in [0.2, 0.25) is 0 Å². The quantitative estimate of drug-likeness (QED) is 0.240. The van der Waals surface area contributed by atoms with E-state index in [9.17, 15) is 9.59 Å². The van der Waals surface area contributed by atoms with E-state index in [1.807, 2.05) is 37.3 Å². The van der Waals surface area contributed by atoms with E-state index in [1.54, 1.807) is 25.3 Å². The zero-order chi connectivity index (χ0) is 30.2. The van der Waals surface area contributed by atoms with Gasteiger partial charge >= 0.3 is 0 Å². The maximum absolute atomic E-state index is 13.2. The number of piperazine rings is 1. The van der Waals surface area contributed by atoms with Gasteiger partial charge in [0.25, 0.3) is 11.8 Å². The molecule has 0 aliphatic carbocycles. The number of methoxy groups -OCH3 is 1. The highest BCUT2D eigenvalue weighted by Gasteiger charge is 2.23. The molecule has 9 heteroatoms. The van der Waals surface area contributed by atoms with Gasteiger partial charge < -0.3 is 34.3 Å². The number of carbonyl (C=O) groups excluding carboxylic acids is 2. The van der Waals surface area contributed by atoms with Crippen molar-refractivity contribution in [3.8, 4) is 11.5 Å². The summed E-state index contributed by atoms with van der Waals surface area (Å²) in [5, 5.41) is 5.98. The molecule has 224 valence electrons. The van der Waals surface area contributed by atoms with Crippen molar-refractivity contribution < 1.29 is 23.5 Å². The molecule has 2 N–H and O–H groups in total. The van der Waals surface area contributed by atoms with Crippen molar-refractivity contribution in [2.24, 2.45) is 0 Å². The third-order valence-corrected chi connectivity index (χ3v) is 7.56. The zero-order valence-electron chi connectivity index (χ0n) is 24.9. The van der Waals surface area contributed by atoms with Gasteiger partial charge in [-0.3, -0.25) is 9.59 Å². The Morgan fingerprint density at radius 1 is 0.860 bits per heavy atom. The lowest BCUT2D eigenvalue weighted by Gasteiger charge is -2.38. The summed E-state index contributed by atoms with van der Waals surface area (Å²) in [5.74, 6) is 0.975. The van der Waals surface area contributed by atoms with Gasteiger partial charge in [0.15, 0.2) is 17.3 Å². The number of nitrogens with one attached hydrogen (secondary N) is 2. The Balaban J connectivity index is 1.29. The maximum atomic E-state index is 13.2. The molecule has 1 aromatic heterocycles. The van der Waals surface area contributed by atoms with Crippen LogP contribution < -0.4 is 29.9 Å². The molecule has 43 heavy (non-hydrogen) atoms. The molecule has 2 amide bonds. The van der Waals surface area contributed by atoms with Gasteiger partial charge in [-0.15, -0.1) is 0 Å². The number of carbonyl (C=O) groups is 2. The number of hydrogen-bond donors (Lipinski definition) is 2. The third-order valence-electron chi connectivity index (χ3n) is 7.56. The summed E-state index contributed by atoms with van der Waals surface area (Å²) in [6, 6.07) is 22.9. The number of nitrogens with zero attached hydrogens (tertiary/aromatic N) is 2. The first-order valence-electron chi connectivity index (χ1n) is 14.6. The third kappa shape index (κ3) is 7.12. The van der Waals surface area contributed by atoms with Crippen molar-refractivity contribution in [3.05, 3.63) is 102 Å². The number of rotatable bonds is 11. The van der Waals surface area contributed by atoms with Gasteiger partial charge in [0, 0.05) is 44.0 Å². The second-order valence-electron chi connectivity index (χ2n) is 10.3. The Morgan fingerprint density at radius 3 is 2.33 bits per heavy atom. The Bertz CT molecular complexity index is 1540. The number of furan rings is 1. The Morgan fingerprint density at radius 2 is 1.63 bits per heavy atom. The average molecular weight is 583 g/mol. The molecule has 1 saturated heterocycles. The molecule has 1 aliphatic heterocycles. The van der Waals surface area contributed by atoms with E-state index in [4.69, 9.17) is 13.9 Å². The lowest BCUT2D eigenvalue weighted by molar-refractivity contribution is 0.0952. The van der Waals surface area contributed by atoms with E-state index in [0.717, 1.165) is 37.4 Å². The standard InChI is InChI=1S/C34H38N4O5/c1-4-42-32-22-25(11-14-30(32)41-3)15-16-35-33(39)26-12-13-29(27(23-26)36-34(40)31-10-7-21-43-31)38-19-17-37(18-20-38)28-9-6-5-8-24(28)2/h5-14,21-23H,4,15-20H2,1-3H3,(H,35,39)(H,36,40). The summed E-state index contributed by atoms with van der Waals surface area (Å²) in [4.78, 5) is 30.8. The van der Waals surface area contributed by atoms with E-state index in [1.165, 1.54) is 17.5 Å². The first-order valence-corrected chi connectivity index (χ1v) is 14.6. The van der Waals surface area contributed by atoms with Crippen molar-refractivity contribution in [3.63, 3.8) is 0 Å². The van der Waals surface area contributed by atoms with Gasteiger partial charge in [-0.25, -0.2) is 0 Å². The highest BCUT2D eigenvalue weighted by atomic mass is 16.5. The number of ether oxygens (including phenoxy) is 2. The van der Waals surface area contributed by atoms with E-state index < -0.39 is 0 Å². The van der Waals surface area contributed by atoms with Gasteiger partial charge in [-0.05, 0) is 79.9 Å². The summed E-state index contributed by atoms with van der Waals surface area (Å²) < 4.78 is 16.3. The molecule has 0 radical (unpaired) electrons. The summed E-state index contributed by atoms with van der Waals surface area (Å²) in [7, 11) is 1.61. The molecule has 0 unspecified atom stereocenters. The fourth-order valence-corrected chi connectivity index (χ4v) is 5.32. The van der Waals surface area contributed by atoms with Crippen LogP contribution in [0.4, 0.5) is 17.1 Å². The topological polar surface area (TPSA) is 96.3 Å². The van der Waals surface area contributed by atoms with Gasteiger partial charge in [-0.1, -0.05) is 24.3 Å². The van der Waals surface area contributed by atoms with E-state index in [2.05, 4.69) is 51.6 Å². The van der Waals surface area contributed by atoms with Crippen LogP contribution >= 0.6 is 0 Å². The number of amides is 2. The van der Waals surface area contributed by atoms with Crippen LogP contribution in [0, 0.1) is 6.92 Å². The fraction of sp³-hybridized carbons (Fsp3) is 0.294. The van der Waals surface area contributed by atoms with Crippen LogP contribution in [0.3, 0.4) is 0 Å². The van der Waals surface area contributed by atoms with Crippen LogP contribution in [0.1, 0.15) is 39.0 Å². The SMILES string of the molecule is CCOc1cc(CCNC(=O)c2ccc(N3CCN(c4ccccc4C)CC3)c(NC(=O)c3ccco3)c2)ccc1OC. The predicted molar refractivity (Wildman–Crippen MR) is 169 cm³/mol. The minimum atomic E-state index is -0.369. The first kappa shape index (κ1) is 29.6. The molecule has 9 nitrogen and oxygen atoms in total. The molecular formula is C34H38N4O5. The van der Waals surface area contributed by atoms with Crippen molar-refractivity contribution in [2.75, 3.05) is 61.6 Å². The van der Waals surface area contributed by atoms with Crippen molar-refractivity contribution >= 4 is 28.9 Å². The molecule has 0 spiro atoms. The minimum absolute atomic E-state index is 0.205. The normalized spacial score (nSPS) is 13.0. The molecule has 1 fully saturated rings. The van der Waals surface area contributed by atoms with Crippen LogP contribution in [-0.4, -0.2) is 58.3 Å². The molecule has 1 aliphatic rings. The molecule has 3 aromatic carbocycles. The van der Waals surface area contributed by atoms with Crippen molar-refractivity contribution in [1.29, 1.82) is 0 Å². The number of aryl methyl sites for hydroxylation is 1. The molecular weight excluding hydrogens is 544 g/mol. The summed E-state index contributed by atoms with van der Waals surface area (Å²) in [5.41, 5.74) is 5.40. The first-order chi connectivity index (χ1) is 21.0. The van der Waals surface area contributed by atoms with Gasteiger partial charge in [0.1, 0.15) is 0 Å². The molecule has 0 bridgehead atoms. The van der Waals surface area contributed by atoms with Crippen LogP contribution in [-0.2, 0) is 6.42 Å². The van der Waals surface area contributed by atoms with E-state index >= 15 is 0 Å². The number of benzene rings is 3. The molecule has 0 saturated carbocycles. The van der Waals surface area contributed by atoms with E-state index in [-0.39, 0.29) is 17.6 Å². The van der Waals surface area contributed by atoms with Crippen LogP contribution in [0.5, 0.6) is 11.5 Å². The maximum Gasteiger partial charge on any atom is 0.291 e. The Hall–Kier alpha value is -4.92. The summed E-state index contributed by atoms with van der Waals surface area (Å²) in [6.07, 6.45) is 2.09. The van der Waals surface area contributed by atoms with Crippen molar-refractivity contribution in [2.45, 2.75) is 20.3 Å². The second kappa shape index (κ2) is 13.8. The summed E-state index contributed by atoms with van der Waals surface area (Å²) >= 11 is 0. The van der Waals surface area contributed by atoms with Gasteiger partial charge in [0.05, 0.1) is 31.4 Å². The monoisotopic (exact) mass is 582 g/mol. The highest BCUT2D eigenvalue weighted by Crippen LogP contribution is 2.31. The Labute approximate surface area is 252 Å². The minimum Gasteiger partial charge on any atom is -0.493 e. The number of para-hydroxylation sites is 1. The highest BCUT2D eigenvalue weighted by molar-refractivity contribution is 6.05. The lowest BCUT2D eigenvalue weighted by Crippen LogP contribution is -2.47. The summed E-state index contributed by atoms with van der Waals surface area (Å²) in [6.45, 7) is 8.26. The van der Waals surface area contributed by atoms with Crippen LogP contribution in [0.2, 0.25) is 0 Å². The molecule has 0 atom stereocenters. The Kier molecular flexibility index (Phi) is 9.51. The van der Waals surface area contributed by atoms with Crippen LogP contribution in [0.25, 0.3) is 0 Å². The molecule has 4 aromatic rings. The number of hydrogen-bond acceptors (Lipinski definition) is 7. The number of anilines is 3. The second-order valence-corrected chi connectivity index (χ2v) is 10.3. The molecule has 5 rings (SSSR count). The average Bonchev–Trinajstić information content (AvgIpc) is 3.57.